The second-order valence-electron chi connectivity index (χ2n) is 6.63. The monoisotopic (exact) mass is 382 g/mol. The topological polar surface area (TPSA) is 84.9 Å². The van der Waals surface area contributed by atoms with Crippen LogP contribution in [0.25, 0.3) is 0 Å². The van der Waals surface area contributed by atoms with Crippen molar-refractivity contribution in [3.8, 4) is 5.75 Å². The van der Waals surface area contributed by atoms with Crippen LogP contribution in [0.5, 0.6) is 5.75 Å². The lowest BCUT2D eigenvalue weighted by Gasteiger charge is -2.39. The van der Waals surface area contributed by atoms with E-state index in [0.29, 0.717) is 34.8 Å². The molecule has 1 aliphatic heterocycles. The molecule has 1 heterocycles. The number of carbonyl (C=O) groups is 3. The molecule has 0 saturated carbocycles. The molecule has 0 aliphatic carbocycles. The third kappa shape index (κ3) is 3.19. The minimum absolute atomic E-state index is 0.335. The van der Waals surface area contributed by atoms with Crippen LogP contribution in [-0.4, -0.2) is 37.0 Å². The van der Waals surface area contributed by atoms with Gasteiger partial charge in [-0.25, -0.2) is 4.79 Å². The van der Waals surface area contributed by atoms with Crippen molar-refractivity contribution in [1.82, 2.24) is 0 Å². The minimum Gasteiger partial charge on any atom is -0.465 e. The molecule has 2 amide bonds. The molecule has 1 unspecified atom stereocenters. The summed E-state index contributed by atoms with van der Waals surface area (Å²) in [5.41, 5.74) is 0.314. The lowest BCUT2D eigenvalue weighted by molar-refractivity contribution is -0.145. The van der Waals surface area contributed by atoms with Crippen molar-refractivity contribution in [1.29, 1.82) is 0 Å². The molecule has 1 N–H and O–H groups in total. The van der Waals surface area contributed by atoms with Crippen molar-refractivity contribution in [2.75, 3.05) is 23.9 Å². The summed E-state index contributed by atoms with van der Waals surface area (Å²) in [7, 11) is 1.29. The number of hydrogen-bond acceptors (Lipinski definition) is 5. The van der Waals surface area contributed by atoms with Gasteiger partial charge in [-0.1, -0.05) is 18.2 Å². The Bertz CT molecular complexity index is 956. The number of fused-ring (bicyclic) bond motifs is 1. The number of nitrogens with zero attached hydrogens (tertiary/aromatic N) is 1. The first-order valence-corrected chi connectivity index (χ1v) is 8.92. The van der Waals surface area contributed by atoms with Gasteiger partial charge < -0.3 is 19.7 Å². The maximum absolute atomic E-state index is 13.0. The van der Waals surface area contributed by atoms with Gasteiger partial charge in [-0.3, -0.25) is 9.59 Å². The summed E-state index contributed by atoms with van der Waals surface area (Å²) in [4.78, 5) is 39.4. The minimum atomic E-state index is -1.74. The van der Waals surface area contributed by atoms with Gasteiger partial charge in [0.25, 0.3) is 17.4 Å². The van der Waals surface area contributed by atoms with Crippen LogP contribution in [0.1, 0.15) is 29.8 Å². The molecule has 7 heteroatoms. The van der Waals surface area contributed by atoms with Gasteiger partial charge in [-0.05, 0) is 50.6 Å². The zero-order chi connectivity index (χ0) is 20.5. The Morgan fingerprint density at radius 1 is 1.21 bits per heavy atom. The molecule has 0 aromatic heterocycles. The third-order valence-electron chi connectivity index (χ3n) is 4.77. The SMILES string of the molecule is CCN1C(=O)C(C)(C(=O)Nc2ccc(C)c(C(=O)OC)c2)Oc2ccccc21. The maximum Gasteiger partial charge on any atom is 0.338 e. The zero-order valence-electron chi connectivity index (χ0n) is 16.2. The van der Waals surface area contributed by atoms with Crippen molar-refractivity contribution in [3.05, 3.63) is 53.6 Å². The van der Waals surface area contributed by atoms with E-state index < -0.39 is 23.4 Å². The Kier molecular flexibility index (Phi) is 5.09. The lowest BCUT2D eigenvalue weighted by atomic mass is 9.99. The molecular formula is C21H22N2O5. The first-order chi connectivity index (χ1) is 13.3. The molecule has 1 aliphatic rings. The quantitative estimate of drug-likeness (QED) is 0.649. The number of methoxy groups -OCH3 is 1. The number of ether oxygens (including phenoxy) is 2. The van der Waals surface area contributed by atoms with Crippen LogP contribution >= 0.6 is 0 Å². The highest BCUT2D eigenvalue weighted by Crippen LogP contribution is 2.38. The van der Waals surface area contributed by atoms with Crippen LogP contribution in [0, 0.1) is 6.92 Å². The molecule has 0 saturated heterocycles. The molecule has 7 nitrogen and oxygen atoms in total. The first kappa shape index (κ1) is 19.4. The van der Waals surface area contributed by atoms with Gasteiger partial charge in [-0.2, -0.15) is 0 Å². The van der Waals surface area contributed by atoms with E-state index in [0.717, 1.165) is 0 Å². The molecular weight excluding hydrogens is 360 g/mol. The Morgan fingerprint density at radius 3 is 2.61 bits per heavy atom. The Morgan fingerprint density at radius 2 is 1.93 bits per heavy atom. The fourth-order valence-corrected chi connectivity index (χ4v) is 3.13. The van der Waals surface area contributed by atoms with E-state index in [1.165, 1.54) is 25.0 Å². The number of aryl methyl sites for hydroxylation is 1. The molecule has 28 heavy (non-hydrogen) atoms. The average molecular weight is 382 g/mol. The molecule has 0 bridgehead atoms. The highest BCUT2D eigenvalue weighted by Gasteiger charge is 2.50. The predicted octanol–water partition coefficient (Wildman–Crippen LogP) is 2.92. The van der Waals surface area contributed by atoms with Gasteiger partial charge in [0, 0.05) is 12.2 Å². The molecule has 0 fully saturated rings. The highest BCUT2D eigenvalue weighted by molar-refractivity contribution is 6.19. The second-order valence-corrected chi connectivity index (χ2v) is 6.63. The molecule has 1 atom stereocenters. The van der Waals surface area contributed by atoms with Crippen molar-refractivity contribution in [3.63, 3.8) is 0 Å². The number of benzene rings is 2. The second kappa shape index (κ2) is 7.34. The number of carbonyl (C=O) groups excluding carboxylic acids is 3. The molecule has 2 aromatic rings. The summed E-state index contributed by atoms with van der Waals surface area (Å²) < 4.78 is 10.6. The van der Waals surface area contributed by atoms with Gasteiger partial charge in [-0.15, -0.1) is 0 Å². The molecule has 0 spiro atoms. The number of rotatable bonds is 4. The number of anilines is 2. The van der Waals surface area contributed by atoms with Crippen LogP contribution in [0.15, 0.2) is 42.5 Å². The largest absolute Gasteiger partial charge is 0.465 e. The number of amides is 2. The van der Waals surface area contributed by atoms with Crippen LogP contribution in [0.2, 0.25) is 0 Å². The van der Waals surface area contributed by atoms with E-state index in [2.05, 4.69) is 5.32 Å². The van der Waals surface area contributed by atoms with Crippen LogP contribution in [0.4, 0.5) is 11.4 Å². The van der Waals surface area contributed by atoms with Crippen molar-refractivity contribution in [2.45, 2.75) is 26.4 Å². The zero-order valence-corrected chi connectivity index (χ0v) is 16.2. The van der Waals surface area contributed by atoms with Crippen molar-refractivity contribution >= 4 is 29.2 Å². The van der Waals surface area contributed by atoms with E-state index in [1.54, 1.807) is 37.3 Å². The normalized spacial score (nSPS) is 18.1. The van der Waals surface area contributed by atoms with Crippen molar-refractivity contribution < 1.29 is 23.9 Å². The predicted molar refractivity (Wildman–Crippen MR) is 105 cm³/mol. The number of hydrogen-bond donors (Lipinski definition) is 1. The molecule has 2 aromatic carbocycles. The average Bonchev–Trinajstić information content (AvgIpc) is 2.69. The van der Waals surface area contributed by atoms with E-state index >= 15 is 0 Å². The first-order valence-electron chi connectivity index (χ1n) is 8.92. The van der Waals surface area contributed by atoms with Crippen LogP contribution in [-0.2, 0) is 14.3 Å². The summed E-state index contributed by atoms with van der Waals surface area (Å²) in [6.07, 6.45) is 0. The maximum atomic E-state index is 13.0. The van der Waals surface area contributed by atoms with Crippen LogP contribution in [0.3, 0.4) is 0 Å². The number of esters is 1. The number of para-hydroxylation sites is 2. The fraction of sp³-hybridized carbons (Fsp3) is 0.286. The Balaban J connectivity index is 1.92. The smallest absolute Gasteiger partial charge is 0.338 e. The Labute approximate surface area is 163 Å². The highest BCUT2D eigenvalue weighted by atomic mass is 16.5. The Hall–Kier alpha value is -3.35. The third-order valence-corrected chi connectivity index (χ3v) is 4.77. The van der Waals surface area contributed by atoms with Gasteiger partial charge in [0.1, 0.15) is 5.75 Å². The molecule has 3 rings (SSSR count). The summed E-state index contributed by atoms with van der Waals surface area (Å²) >= 11 is 0. The lowest BCUT2D eigenvalue weighted by Crippen LogP contribution is -2.60. The van der Waals surface area contributed by atoms with Crippen molar-refractivity contribution in [2.24, 2.45) is 0 Å². The summed E-state index contributed by atoms with van der Waals surface area (Å²) in [6.45, 7) is 5.45. The molecule has 146 valence electrons. The summed E-state index contributed by atoms with van der Waals surface area (Å²) in [6, 6.07) is 11.9. The molecule has 0 radical (unpaired) electrons. The van der Waals surface area contributed by atoms with Gasteiger partial charge in [0.2, 0.25) is 0 Å². The van der Waals surface area contributed by atoms with E-state index in [4.69, 9.17) is 9.47 Å². The van der Waals surface area contributed by atoms with E-state index in [-0.39, 0.29) is 0 Å². The van der Waals surface area contributed by atoms with Gasteiger partial charge in [0.15, 0.2) is 0 Å². The number of nitrogens with one attached hydrogen (secondary N) is 1. The van der Waals surface area contributed by atoms with E-state index in [1.807, 2.05) is 13.0 Å². The summed E-state index contributed by atoms with van der Waals surface area (Å²) in [5.74, 6) is -1.12. The standard InChI is InChI=1S/C21H22N2O5/c1-5-23-16-8-6-7-9-17(16)28-21(3,20(23)26)19(25)22-14-11-10-13(2)15(12-14)18(24)27-4/h6-12H,5H2,1-4H3,(H,22,25). The van der Waals surface area contributed by atoms with E-state index in [9.17, 15) is 14.4 Å². The van der Waals surface area contributed by atoms with Gasteiger partial charge >= 0.3 is 5.97 Å². The van der Waals surface area contributed by atoms with Gasteiger partial charge in [0.05, 0.1) is 18.4 Å². The fourth-order valence-electron chi connectivity index (χ4n) is 3.13. The summed E-state index contributed by atoms with van der Waals surface area (Å²) in [5, 5.41) is 2.69. The number of likely N-dealkylation sites (N-methyl/N-ethyl adjacent to an activating group) is 1. The van der Waals surface area contributed by atoms with Crippen LogP contribution < -0.4 is 15.0 Å².